The highest BCUT2D eigenvalue weighted by atomic mass is 35.5. The molecule has 1 N–H and O–H groups in total. The molecule has 0 unspecified atom stereocenters. The van der Waals surface area contributed by atoms with Gasteiger partial charge in [-0.05, 0) is 86.2 Å². The van der Waals surface area contributed by atoms with Crippen molar-refractivity contribution in [3.63, 3.8) is 0 Å². The monoisotopic (exact) mass is 465 g/mol. The van der Waals surface area contributed by atoms with Crippen molar-refractivity contribution in [2.45, 2.75) is 13.8 Å². The summed E-state index contributed by atoms with van der Waals surface area (Å²) >= 11 is 5.85. The first-order chi connectivity index (χ1) is 16.0. The maximum absolute atomic E-state index is 12.3. The number of benzene rings is 3. The van der Waals surface area contributed by atoms with Crippen LogP contribution in [-0.4, -0.2) is 25.1 Å². The van der Waals surface area contributed by atoms with E-state index in [4.69, 9.17) is 25.8 Å². The molecule has 3 aromatic rings. The van der Waals surface area contributed by atoms with E-state index in [1.54, 1.807) is 66.7 Å². The summed E-state index contributed by atoms with van der Waals surface area (Å²) < 4.78 is 16.4. The molecule has 33 heavy (non-hydrogen) atoms. The van der Waals surface area contributed by atoms with Crippen LogP contribution in [0.5, 0.6) is 17.2 Å². The lowest BCUT2D eigenvalue weighted by atomic mass is 10.2. The average Bonchev–Trinajstić information content (AvgIpc) is 2.81. The van der Waals surface area contributed by atoms with Crippen molar-refractivity contribution in [3.8, 4) is 17.2 Å². The molecule has 0 radical (unpaired) electrons. The van der Waals surface area contributed by atoms with Crippen LogP contribution in [0.1, 0.15) is 29.8 Å². The molecule has 6 nitrogen and oxygen atoms in total. The van der Waals surface area contributed by atoms with Gasteiger partial charge in [-0.15, -0.1) is 0 Å². The van der Waals surface area contributed by atoms with Gasteiger partial charge in [0.2, 0.25) is 0 Å². The predicted molar refractivity (Wildman–Crippen MR) is 129 cm³/mol. The highest BCUT2D eigenvalue weighted by Gasteiger charge is 2.08. The Kier molecular flexibility index (Phi) is 8.49. The van der Waals surface area contributed by atoms with Gasteiger partial charge >= 0.3 is 5.97 Å². The van der Waals surface area contributed by atoms with Crippen LogP contribution in [-0.2, 0) is 4.79 Å². The van der Waals surface area contributed by atoms with E-state index in [2.05, 4.69) is 5.32 Å². The van der Waals surface area contributed by atoms with Gasteiger partial charge in [0.1, 0.15) is 5.75 Å². The fraction of sp³-hybridized carbons (Fsp3) is 0.154. The summed E-state index contributed by atoms with van der Waals surface area (Å²) in [6, 6.07) is 18.5. The molecule has 7 heteroatoms. The number of nitrogens with one attached hydrogen (secondary N) is 1. The second-order valence-corrected chi connectivity index (χ2v) is 7.25. The lowest BCUT2D eigenvalue weighted by Crippen LogP contribution is -2.11. The van der Waals surface area contributed by atoms with Crippen molar-refractivity contribution >= 4 is 35.2 Å². The first-order valence-electron chi connectivity index (χ1n) is 10.4. The zero-order chi connectivity index (χ0) is 23.6. The molecular formula is C26H24ClNO5. The third-order valence-electron chi connectivity index (χ3n) is 4.42. The zero-order valence-corrected chi connectivity index (χ0v) is 19.1. The summed E-state index contributed by atoms with van der Waals surface area (Å²) in [6.45, 7) is 4.83. The SMILES string of the molecule is CCOc1ccc(/C=C/C(=O)Oc2ccc(C(=O)Nc3ccc(Cl)cc3)cc2)cc1OCC. The molecule has 0 aliphatic rings. The topological polar surface area (TPSA) is 73.9 Å². The Bertz CT molecular complexity index is 1120. The molecular weight excluding hydrogens is 442 g/mol. The van der Waals surface area contributed by atoms with Crippen molar-refractivity contribution in [2.24, 2.45) is 0 Å². The van der Waals surface area contributed by atoms with E-state index in [9.17, 15) is 9.59 Å². The number of rotatable bonds is 9. The first kappa shape index (κ1) is 23.9. The molecule has 0 aromatic heterocycles. The number of carbonyl (C=O) groups is 2. The lowest BCUT2D eigenvalue weighted by molar-refractivity contribution is -0.128. The Morgan fingerprint density at radius 2 is 1.55 bits per heavy atom. The maximum Gasteiger partial charge on any atom is 0.336 e. The quantitative estimate of drug-likeness (QED) is 0.238. The van der Waals surface area contributed by atoms with Crippen molar-refractivity contribution in [3.05, 3.63) is 89.0 Å². The predicted octanol–water partition coefficient (Wildman–Crippen LogP) is 6.01. The molecule has 0 fully saturated rings. The highest BCUT2D eigenvalue weighted by Crippen LogP contribution is 2.29. The molecule has 0 aliphatic carbocycles. The molecule has 0 saturated heterocycles. The number of hydrogen-bond donors (Lipinski definition) is 1. The van der Waals surface area contributed by atoms with Crippen molar-refractivity contribution in [2.75, 3.05) is 18.5 Å². The van der Waals surface area contributed by atoms with E-state index in [1.807, 2.05) is 19.9 Å². The smallest absolute Gasteiger partial charge is 0.336 e. The van der Waals surface area contributed by atoms with Crippen LogP contribution in [0, 0.1) is 0 Å². The molecule has 0 atom stereocenters. The van der Waals surface area contributed by atoms with E-state index in [-0.39, 0.29) is 5.91 Å². The van der Waals surface area contributed by atoms with Crippen molar-refractivity contribution in [1.82, 2.24) is 0 Å². The van der Waals surface area contributed by atoms with E-state index >= 15 is 0 Å². The number of carbonyl (C=O) groups excluding carboxylic acids is 2. The van der Waals surface area contributed by atoms with Crippen LogP contribution in [0.3, 0.4) is 0 Å². The Balaban J connectivity index is 1.59. The summed E-state index contributed by atoms with van der Waals surface area (Å²) in [5.74, 6) is 0.770. The van der Waals surface area contributed by atoms with Crippen LogP contribution in [0.4, 0.5) is 5.69 Å². The minimum atomic E-state index is -0.541. The molecule has 0 saturated carbocycles. The van der Waals surface area contributed by atoms with Gasteiger partial charge in [0.15, 0.2) is 11.5 Å². The second kappa shape index (κ2) is 11.7. The molecule has 0 aliphatic heterocycles. The van der Waals surface area contributed by atoms with Gasteiger partial charge in [-0.25, -0.2) is 4.79 Å². The minimum Gasteiger partial charge on any atom is -0.490 e. The standard InChI is InChI=1S/C26H24ClNO5/c1-3-31-23-15-5-18(17-24(23)32-4-2)6-16-25(29)33-22-13-7-19(8-14-22)26(30)28-21-11-9-20(27)10-12-21/h5-17H,3-4H2,1-2H3,(H,28,30)/b16-6+. The van der Waals surface area contributed by atoms with Crippen LogP contribution in [0.15, 0.2) is 72.8 Å². The molecule has 0 bridgehead atoms. The van der Waals surface area contributed by atoms with E-state index in [1.165, 1.54) is 6.08 Å². The number of esters is 1. The Labute approximate surface area is 197 Å². The summed E-state index contributed by atoms with van der Waals surface area (Å²) in [5, 5.41) is 3.36. The van der Waals surface area contributed by atoms with Crippen molar-refractivity contribution in [1.29, 1.82) is 0 Å². The Morgan fingerprint density at radius 1 is 0.879 bits per heavy atom. The van der Waals surface area contributed by atoms with E-state index in [0.717, 1.165) is 5.56 Å². The maximum atomic E-state index is 12.3. The van der Waals surface area contributed by atoms with Crippen LogP contribution >= 0.6 is 11.6 Å². The molecule has 3 aromatic carbocycles. The van der Waals surface area contributed by atoms with Crippen LogP contribution in [0.25, 0.3) is 6.08 Å². The lowest BCUT2D eigenvalue weighted by Gasteiger charge is -2.11. The van der Waals surface area contributed by atoms with Gasteiger partial charge < -0.3 is 19.5 Å². The zero-order valence-electron chi connectivity index (χ0n) is 18.3. The summed E-state index contributed by atoms with van der Waals surface area (Å²) in [6.07, 6.45) is 2.96. The third kappa shape index (κ3) is 7.12. The Hall–Kier alpha value is -3.77. The van der Waals surface area contributed by atoms with Gasteiger partial charge in [0, 0.05) is 22.3 Å². The highest BCUT2D eigenvalue weighted by molar-refractivity contribution is 6.30. The van der Waals surface area contributed by atoms with E-state index in [0.29, 0.717) is 46.7 Å². The van der Waals surface area contributed by atoms with Gasteiger partial charge in [-0.2, -0.15) is 0 Å². The molecule has 1 amide bonds. The van der Waals surface area contributed by atoms with E-state index < -0.39 is 5.97 Å². The fourth-order valence-electron chi connectivity index (χ4n) is 2.90. The third-order valence-corrected chi connectivity index (χ3v) is 4.67. The normalized spacial score (nSPS) is 10.6. The van der Waals surface area contributed by atoms with Gasteiger partial charge in [0.05, 0.1) is 13.2 Å². The van der Waals surface area contributed by atoms with Crippen LogP contribution < -0.4 is 19.5 Å². The first-order valence-corrected chi connectivity index (χ1v) is 10.8. The number of amides is 1. The number of ether oxygens (including phenoxy) is 3. The second-order valence-electron chi connectivity index (χ2n) is 6.81. The minimum absolute atomic E-state index is 0.282. The van der Waals surface area contributed by atoms with Gasteiger partial charge in [-0.3, -0.25) is 4.79 Å². The Morgan fingerprint density at radius 3 is 2.21 bits per heavy atom. The molecule has 0 spiro atoms. The van der Waals surface area contributed by atoms with Crippen molar-refractivity contribution < 1.29 is 23.8 Å². The molecule has 170 valence electrons. The fourth-order valence-corrected chi connectivity index (χ4v) is 3.02. The molecule has 0 heterocycles. The average molecular weight is 466 g/mol. The summed E-state index contributed by atoms with van der Waals surface area (Å²) in [4.78, 5) is 24.5. The number of anilines is 1. The number of halogens is 1. The molecule has 3 rings (SSSR count). The van der Waals surface area contributed by atoms with Gasteiger partial charge in [0.25, 0.3) is 5.91 Å². The summed E-state index contributed by atoms with van der Waals surface area (Å²) in [5.41, 5.74) is 1.83. The van der Waals surface area contributed by atoms with Gasteiger partial charge in [-0.1, -0.05) is 17.7 Å². The number of hydrogen-bond acceptors (Lipinski definition) is 5. The summed E-state index contributed by atoms with van der Waals surface area (Å²) in [7, 11) is 0. The largest absolute Gasteiger partial charge is 0.490 e. The van der Waals surface area contributed by atoms with Crippen LogP contribution in [0.2, 0.25) is 5.02 Å².